The Balaban J connectivity index is 1.48. The van der Waals surface area contributed by atoms with Gasteiger partial charge in [0.15, 0.2) is 16.6 Å². The zero-order valence-corrected chi connectivity index (χ0v) is 15.3. The van der Waals surface area contributed by atoms with Gasteiger partial charge in [-0.25, -0.2) is 0 Å². The molecule has 0 atom stereocenters. The van der Waals surface area contributed by atoms with Crippen LogP contribution >= 0.6 is 12.2 Å². The molecule has 0 bridgehead atoms. The molecule has 3 N–H and O–H groups in total. The summed E-state index contributed by atoms with van der Waals surface area (Å²) < 4.78 is 10.5. The fourth-order valence-electron chi connectivity index (χ4n) is 2.52. The van der Waals surface area contributed by atoms with Crippen LogP contribution in [0.3, 0.4) is 0 Å². The molecule has 0 spiro atoms. The minimum atomic E-state index is -0.317. The maximum Gasteiger partial charge on any atom is 0.269 e. The topological polar surface area (TPSA) is 71.6 Å². The monoisotopic (exact) mass is 371 g/mol. The summed E-state index contributed by atoms with van der Waals surface area (Å²) in [4.78, 5) is 12.2. The van der Waals surface area contributed by atoms with E-state index in [4.69, 9.17) is 21.7 Å². The summed E-state index contributed by atoms with van der Waals surface area (Å²) in [6.45, 7) is 2.35. The van der Waals surface area contributed by atoms with Crippen molar-refractivity contribution in [1.29, 1.82) is 0 Å². The minimum absolute atomic E-state index is 0.171. The van der Waals surface area contributed by atoms with Crippen LogP contribution in [-0.4, -0.2) is 17.8 Å². The Morgan fingerprint density at radius 3 is 2.62 bits per heavy atom. The van der Waals surface area contributed by atoms with E-state index in [2.05, 4.69) is 35.2 Å². The van der Waals surface area contributed by atoms with E-state index in [9.17, 15) is 4.79 Å². The number of ether oxygens (including phenoxy) is 2. The molecule has 1 heterocycles. The summed E-state index contributed by atoms with van der Waals surface area (Å²) in [6, 6.07) is 13.1. The second-order valence-corrected chi connectivity index (χ2v) is 6.31. The second-order valence-electron chi connectivity index (χ2n) is 5.90. The van der Waals surface area contributed by atoms with E-state index < -0.39 is 0 Å². The Morgan fingerprint density at radius 1 is 1.08 bits per heavy atom. The number of carbonyl (C=O) groups excluding carboxylic acids is 1. The van der Waals surface area contributed by atoms with Gasteiger partial charge in [-0.2, -0.15) is 0 Å². The van der Waals surface area contributed by atoms with Crippen LogP contribution in [0.15, 0.2) is 42.5 Å². The van der Waals surface area contributed by atoms with Gasteiger partial charge >= 0.3 is 0 Å². The van der Waals surface area contributed by atoms with Crippen LogP contribution in [0.2, 0.25) is 0 Å². The first-order valence-electron chi connectivity index (χ1n) is 8.51. The maximum atomic E-state index is 12.2. The fourth-order valence-corrected chi connectivity index (χ4v) is 2.69. The largest absolute Gasteiger partial charge is 0.454 e. The average Bonchev–Trinajstić information content (AvgIpc) is 3.13. The van der Waals surface area contributed by atoms with E-state index in [1.807, 2.05) is 12.1 Å². The van der Waals surface area contributed by atoms with E-state index in [0.29, 0.717) is 22.2 Å². The molecule has 0 unspecified atom stereocenters. The van der Waals surface area contributed by atoms with E-state index in [1.54, 1.807) is 18.2 Å². The molecule has 0 saturated carbocycles. The van der Waals surface area contributed by atoms with Crippen LogP contribution < -0.4 is 25.6 Å². The number of benzene rings is 2. The number of amides is 1. The number of unbranched alkanes of at least 4 members (excludes halogenated alkanes) is 1. The van der Waals surface area contributed by atoms with Gasteiger partial charge in [-0.3, -0.25) is 15.6 Å². The van der Waals surface area contributed by atoms with Crippen molar-refractivity contribution in [2.24, 2.45) is 0 Å². The zero-order valence-electron chi connectivity index (χ0n) is 14.5. The lowest BCUT2D eigenvalue weighted by Gasteiger charge is -2.12. The lowest BCUT2D eigenvalue weighted by atomic mass is 10.1. The van der Waals surface area contributed by atoms with Gasteiger partial charge < -0.3 is 14.8 Å². The molecular weight excluding hydrogens is 350 g/mol. The second kappa shape index (κ2) is 8.53. The zero-order chi connectivity index (χ0) is 18.4. The molecule has 136 valence electrons. The van der Waals surface area contributed by atoms with Crippen molar-refractivity contribution in [3.63, 3.8) is 0 Å². The normalized spacial score (nSPS) is 11.7. The number of hydrazine groups is 1. The Labute approximate surface area is 157 Å². The molecule has 26 heavy (non-hydrogen) atoms. The standard InChI is InChI=1S/C19H21N3O3S/c1-2-3-4-13-5-8-15(9-6-13)20-19(26)22-21-18(23)14-7-10-16-17(11-14)25-12-24-16/h5-11H,2-4,12H2,1H3,(H,21,23)(H2,20,22,26). The van der Waals surface area contributed by atoms with E-state index in [-0.39, 0.29) is 12.7 Å². The summed E-state index contributed by atoms with van der Waals surface area (Å²) in [6.07, 6.45) is 3.43. The number of thiocarbonyl (C=S) groups is 1. The number of hydrogen-bond acceptors (Lipinski definition) is 4. The predicted octanol–water partition coefficient (Wildman–Crippen LogP) is 3.39. The molecule has 2 aromatic carbocycles. The summed E-state index contributed by atoms with van der Waals surface area (Å²) in [5.41, 5.74) is 7.86. The highest BCUT2D eigenvalue weighted by atomic mass is 32.1. The number of hydrogen-bond donors (Lipinski definition) is 3. The molecule has 7 heteroatoms. The molecule has 0 aromatic heterocycles. The summed E-state index contributed by atoms with van der Waals surface area (Å²) >= 11 is 5.20. The number of nitrogens with one attached hydrogen (secondary N) is 3. The highest BCUT2D eigenvalue weighted by molar-refractivity contribution is 7.80. The molecule has 3 rings (SSSR count). The number of carbonyl (C=O) groups is 1. The molecule has 2 aromatic rings. The molecular formula is C19H21N3O3S. The fraction of sp³-hybridized carbons (Fsp3) is 0.263. The number of anilines is 1. The Kier molecular flexibility index (Phi) is 5.91. The molecule has 1 aliphatic rings. The summed E-state index contributed by atoms with van der Waals surface area (Å²) in [7, 11) is 0. The van der Waals surface area contributed by atoms with Gasteiger partial charge in [-0.1, -0.05) is 25.5 Å². The van der Waals surface area contributed by atoms with Gasteiger partial charge in [0.1, 0.15) is 0 Å². The van der Waals surface area contributed by atoms with Gasteiger partial charge in [0, 0.05) is 11.3 Å². The smallest absolute Gasteiger partial charge is 0.269 e. The first kappa shape index (κ1) is 18.0. The number of aryl methyl sites for hydroxylation is 1. The highest BCUT2D eigenvalue weighted by Crippen LogP contribution is 2.32. The van der Waals surface area contributed by atoms with Crippen molar-refractivity contribution in [3.05, 3.63) is 53.6 Å². The Bertz CT molecular complexity index is 793. The Morgan fingerprint density at radius 2 is 1.85 bits per heavy atom. The number of fused-ring (bicyclic) bond motifs is 1. The van der Waals surface area contributed by atoms with Gasteiger partial charge in [-0.15, -0.1) is 0 Å². The van der Waals surface area contributed by atoms with Crippen LogP contribution in [0.4, 0.5) is 5.69 Å². The molecule has 0 radical (unpaired) electrons. The molecule has 1 amide bonds. The van der Waals surface area contributed by atoms with Gasteiger partial charge in [0.25, 0.3) is 5.91 Å². The first-order chi connectivity index (χ1) is 12.7. The van der Waals surface area contributed by atoms with Gasteiger partial charge in [0.05, 0.1) is 0 Å². The Hall–Kier alpha value is -2.80. The van der Waals surface area contributed by atoms with Crippen molar-refractivity contribution in [2.75, 3.05) is 12.1 Å². The first-order valence-corrected chi connectivity index (χ1v) is 8.92. The van der Waals surface area contributed by atoms with E-state index in [1.165, 1.54) is 18.4 Å². The van der Waals surface area contributed by atoms with Gasteiger partial charge in [-0.05, 0) is 61.0 Å². The summed E-state index contributed by atoms with van der Waals surface area (Å²) in [5, 5.41) is 3.34. The van der Waals surface area contributed by atoms with Crippen LogP contribution in [0.1, 0.15) is 35.7 Å². The lowest BCUT2D eigenvalue weighted by molar-refractivity contribution is 0.0943. The van der Waals surface area contributed by atoms with Crippen LogP contribution in [0.25, 0.3) is 0 Å². The third-order valence-corrected chi connectivity index (χ3v) is 4.16. The molecule has 6 nitrogen and oxygen atoms in total. The van der Waals surface area contributed by atoms with Crippen molar-refractivity contribution in [2.45, 2.75) is 26.2 Å². The van der Waals surface area contributed by atoms with Crippen molar-refractivity contribution in [3.8, 4) is 11.5 Å². The molecule has 0 fully saturated rings. The summed E-state index contributed by atoms with van der Waals surface area (Å²) in [5.74, 6) is 0.873. The third kappa shape index (κ3) is 4.64. The third-order valence-electron chi connectivity index (χ3n) is 3.96. The van der Waals surface area contributed by atoms with Gasteiger partial charge in [0.2, 0.25) is 6.79 Å². The van der Waals surface area contributed by atoms with E-state index >= 15 is 0 Å². The molecule has 1 aliphatic heterocycles. The minimum Gasteiger partial charge on any atom is -0.454 e. The quantitative estimate of drug-likeness (QED) is 0.553. The van der Waals surface area contributed by atoms with Crippen LogP contribution in [0.5, 0.6) is 11.5 Å². The highest BCUT2D eigenvalue weighted by Gasteiger charge is 2.16. The van der Waals surface area contributed by atoms with Crippen molar-refractivity contribution in [1.82, 2.24) is 10.9 Å². The van der Waals surface area contributed by atoms with E-state index in [0.717, 1.165) is 12.1 Å². The molecule has 0 aliphatic carbocycles. The maximum absolute atomic E-state index is 12.2. The van der Waals surface area contributed by atoms with Crippen molar-refractivity contribution < 1.29 is 14.3 Å². The SMILES string of the molecule is CCCCc1ccc(NC(=S)NNC(=O)c2ccc3c(c2)OCO3)cc1. The van der Waals surface area contributed by atoms with Crippen molar-refractivity contribution >= 4 is 28.9 Å². The predicted molar refractivity (Wildman–Crippen MR) is 104 cm³/mol. The average molecular weight is 371 g/mol. The number of rotatable bonds is 5. The van der Waals surface area contributed by atoms with Crippen LogP contribution in [0, 0.1) is 0 Å². The lowest BCUT2D eigenvalue weighted by Crippen LogP contribution is -2.43. The van der Waals surface area contributed by atoms with Crippen LogP contribution in [-0.2, 0) is 6.42 Å². The molecule has 0 saturated heterocycles.